The topological polar surface area (TPSA) is 116 Å². The molecular weight excluding hydrogens is 388 g/mol. The smallest absolute Gasteiger partial charge is 0.408 e. The molecule has 7 atom stereocenters. The van der Waals surface area contributed by atoms with Crippen LogP contribution in [0.1, 0.15) is 53.9 Å². The Morgan fingerprint density at radius 3 is 2.50 bits per heavy atom. The number of amides is 2. The minimum atomic E-state index is -0.784. The zero-order valence-electron chi connectivity index (χ0n) is 18.9. The summed E-state index contributed by atoms with van der Waals surface area (Å²) in [7, 11) is 1.63. The summed E-state index contributed by atoms with van der Waals surface area (Å²) in [6.45, 7) is 10.5. The van der Waals surface area contributed by atoms with E-state index < -0.39 is 29.7 Å². The number of allylic oxidation sites excluding steroid dienone is 1. The van der Waals surface area contributed by atoms with Crippen LogP contribution in [-0.2, 0) is 23.7 Å². The fourth-order valence-electron chi connectivity index (χ4n) is 4.94. The number of rotatable bonds is 8. The van der Waals surface area contributed by atoms with Crippen molar-refractivity contribution in [3.8, 4) is 0 Å². The van der Waals surface area contributed by atoms with Gasteiger partial charge in [0.05, 0.1) is 18.6 Å². The van der Waals surface area contributed by atoms with Crippen LogP contribution in [0.4, 0.5) is 4.79 Å². The Labute approximate surface area is 178 Å². The second kappa shape index (κ2) is 8.48. The summed E-state index contributed by atoms with van der Waals surface area (Å²) < 4.78 is 23.7. The molecule has 0 unspecified atom stereocenters. The van der Waals surface area contributed by atoms with Crippen LogP contribution < -0.4 is 11.1 Å². The summed E-state index contributed by atoms with van der Waals surface area (Å²) in [5, 5.41) is 2.59. The Hall–Kier alpha value is -1.64. The van der Waals surface area contributed by atoms with Gasteiger partial charge < -0.3 is 30.0 Å². The third kappa shape index (κ3) is 4.50. The molecule has 8 nitrogen and oxygen atoms in total. The van der Waals surface area contributed by atoms with Gasteiger partial charge in [0.25, 0.3) is 0 Å². The number of nitrogens with two attached hydrogens (primary N) is 1. The lowest BCUT2D eigenvalue weighted by Gasteiger charge is -2.42. The number of hydrogen-bond donors (Lipinski definition) is 2. The number of primary amides is 1. The quantitative estimate of drug-likeness (QED) is 0.456. The van der Waals surface area contributed by atoms with Crippen LogP contribution in [0.3, 0.4) is 0 Å². The number of ether oxygens (including phenoxy) is 4. The van der Waals surface area contributed by atoms with Gasteiger partial charge in [-0.2, -0.15) is 0 Å². The first-order valence-electron chi connectivity index (χ1n) is 10.8. The van der Waals surface area contributed by atoms with Crippen molar-refractivity contribution in [3.63, 3.8) is 0 Å². The van der Waals surface area contributed by atoms with Crippen molar-refractivity contribution < 1.29 is 28.5 Å². The van der Waals surface area contributed by atoms with Crippen LogP contribution in [0.25, 0.3) is 0 Å². The maximum Gasteiger partial charge on any atom is 0.408 e. The van der Waals surface area contributed by atoms with Gasteiger partial charge >= 0.3 is 6.09 Å². The van der Waals surface area contributed by atoms with E-state index >= 15 is 0 Å². The molecule has 1 aliphatic carbocycles. The van der Waals surface area contributed by atoms with E-state index in [1.165, 1.54) is 5.57 Å². The van der Waals surface area contributed by atoms with Crippen molar-refractivity contribution in [2.75, 3.05) is 13.7 Å². The van der Waals surface area contributed by atoms with E-state index in [1.54, 1.807) is 7.11 Å². The predicted molar refractivity (Wildman–Crippen MR) is 111 cm³/mol. The van der Waals surface area contributed by atoms with Crippen molar-refractivity contribution in [1.82, 2.24) is 5.32 Å². The van der Waals surface area contributed by atoms with Gasteiger partial charge in [0, 0.05) is 7.11 Å². The average Bonchev–Trinajstić information content (AvgIpc) is 3.56. The molecule has 1 saturated carbocycles. The first-order chi connectivity index (χ1) is 14.0. The molecule has 2 amide bonds. The first kappa shape index (κ1) is 23.0. The molecule has 3 fully saturated rings. The zero-order valence-corrected chi connectivity index (χ0v) is 18.9. The van der Waals surface area contributed by atoms with Gasteiger partial charge in [-0.15, -0.1) is 0 Å². The fourth-order valence-corrected chi connectivity index (χ4v) is 4.94. The molecule has 3 rings (SSSR count). The number of alkyl carbamates (subject to hydrolysis) is 1. The molecule has 0 aromatic rings. The van der Waals surface area contributed by atoms with Crippen molar-refractivity contribution in [2.45, 2.75) is 89.4 Å². The van der Waals surface area contributed by atoms with Crippen molar-refractivity contribution in [3.05, 3.63) is 11.6 Å². The minimum absolute atomic E-state index is 0.0471. The van der Waals surface area contributed by atoms with Gasteiger partial charge in [0.2, 0.25) is 5.91 Å². The minimum Gasteiger partial charge on any atom is -0.443 e. The monoisotopic (exact) mass is 424 g/mol. The lowest BCUT2D eigenvalue weighted by Crippen LogP contribution is -2.57. The van der Waals surface area contributed by atoms with Gasteiger partial charge in [0.15, 0.2) is 0 Å². The van der Waals surface area contributed by atoms with Gasteiger partial charge in [-0.3, -0.25) is 4.79 Å². The summed E-state index contributed by atoms with van der Waals surface area (Å²) in [5.74, 6) is -0.766. The lowest BCUT2D eigenvalue weighted by atomic mass is 9.68. The van der Waals surface area contributed by atoms with Crippen LogP contribution in [0.5, 0.6) is 0 Å². The standard InChI is InChI=1S/C22H36N2O6/c1-12(2)7-8-15-21(5,30-15)18-17(27-6)14(9-10-22(18)11-28-22)29-20(26)24-16(13(3)4)19(23)25/h7,13-18H,8-11H2,1-6H3,(H2,23,25)(H,24,26)/t14-,15-,16-,17-,18+,21+,22+/m1/s1. The number of carbonyl (C=O) groups excluding carboxylic acids is 2. The van der Waals surface area contributed by atoms with Crippen LogP contribution in [-0.4, -0.2) is 61.3 Å². The number of epoxide rings is 2. The summed E-state index contributed by atoms with van der Waals surface area (Å²) in [6.07, 6.45) is 3.02. The molecule has 0 aromatic heterocycles. The molecule has 2 heterocycles. The molecule has 1 spiro atoms. The molecule has 2 saturated heterocycles. The van der Waals surface area contributed by atoms with Crippen LogP contribution in [0, 0.1) is 11.8 Å². The van der Waals surface area contributed by atoms with Crippen molar-refractivity contribution in [1.29, 1.82) is 0 Å². The van der Waals surface area contributed by atoms with E-state index in [0.717, 1.165) is 12.8 Å². The zero-order chi connectivity index (χ0) is 22.3. The highest BCUT2D eigenvalue weighted by Crippen LogP contribution is 2.59. The summed E-state index contributed by atoms with van der Waals surface area (Å²) in [4.78, 5) is 24.1. The lowest BCUT2D eigenvalue weighted by molar-refractivity contribution is -0.123. The fraction of sp³-hybridized carbons (Fsp3) is 0.818. The highest BCUT2D eigenvalue weighted by molar-refractivity contribution is 5.84. The van der Waals surface area contributed by atoms with E-state index in [0.29, 0.717) is 13.0 Å². The second-order valence-corrected chi connectivity index (χ2v) is 9.59. The summed E-state index contributed by atoms with van der Waals surface area (Å²) >= 11 is 0. The molecule has 3 aliphatic rings. The Balaban J connectivity index is 1.71. The molecule has 0 radical (unpaired) electrons. The normalized spacial score (nSPS) is 38.1. The van der Waals surface area contributed by atoms with Gasteiger partial charge in [-0.1, -0.05) is 25.5 Å². The predicted octanol–water partition coefficient (Wildman–Crippen LogP) is 2.30. The number of hydrogen-bond acceptors (Lipinski definition) is 6. The molecule has 3 N–H and O–H groups in total. The number of methoxy groups -OCH3 is 1. The Morgan fingerprint density at radius 2 is 2.00 bits per heavy atom. The van der Waals surface area contributed by atoms with E-state index in [2.05, 4.69) is 32.2 Å². The third-order valence-corrected chi connectivity index (χ3v) is 6.74. The number of nitrogens with one attached hydrogen (secondary N) is 1. The summed E-state index contributed by atoms with van der Waals surface area (Å²) in [5.41, 5.74) is 5.98. The van der Waals surface area contributed by atoms with Gasteiger partial charge in [0.1, 0.15) is 29.5 Å². The molecule has 170 valence electrons. The Kier molecular flexibility index (Phi) is 6.51. The SMILES string of the molecule is CO[C@H]1[C@@H]([C@@]2(C)O[C@@H]2CC=C(C)C)[C@]2(CC[C@H]1OC(=O)N[C@@H](C(N)=O)C(C)C)CO2. The average molecular weight is 425 g/mol. The van der Waals surface area contributed by atoms with Crippen molar-refractivity contribution in [2.24, 2.45) is 17.6 Å². The van der Waals surface area contributed by atoms with Crippen LogP contribution in [0.2, 0.25) is 0 Å². The molecule has 0 bridgehead atoms. The van der Waals surface area contributed by atoms with Gasteiger partial charge in [-0.25, -0.2) is 4.79 Å². The van der Waals surface area contributed by atoms with E-state index in [9.17, 15) is 9.59 Å². The first-order valence-corrected chi connectivity index (χ1v) is 10.8. The van der Waals surface area contributed by atoms with E-state index in [1.807, 2.05) is 13.8 Å². The molecule has 8 heteroatoms. The van der Waals surface area contributed by atoms with Gasteiger partial charge in [-0.05, 0) is 46.0 Å². The third-order valence-electron chi connectivity index (χ3n) is 6.74. The van der Waals surface area contributed by atoms with E-state index in [4.69, 9.17) is 24.7 Å². The Bertz CT molecular complexity index is 700. The Morgan fingerprint density at radius 1 is 1.33 bits per heavy atom. The molecule has 2 aliphatic heterocycles. The number of carbonyl (C=O) groups is 2. The van der Waals surface area contributed by atoms with E-state index in [-0.39, 0.29) is 29.6 Å². The van der Waals surface area contributed by atoms with Crippen molar-refractivity contribution >= 4 is 12.0 Å². The second-order valence-electron chi connectivity index (χ2n) is 9.59. The maximum absolute atomic E-state index is 12.5. The summed E-state index contributed by atoms with van der Waals surface area (Å²) in [6, 6.07) is -0.784. The highest BCUT2D eigenvalue weighted by Gasteiger charge is 2.72. The molecule has 0 aromatic carbocycles. The molecular formula is C22H36N2O6. The highest BCUT2D eigenvalue weighted by atomic mass is 16.6. The van der Waals surface area contributed by atoms with Crippen LogP contribution >= 0.6 is 0 Å². The maximum atomic E-state index is 12.5. The molecule has 30 heavy (non-hydrogen) atoms. The largest absolute Gasteiger partial charge is 0.443 e. The van der Waals surface area contributed by atoms with Crippen LogP contribution in [0.15, 0.2) is 11.6 Å².